The SMILES string of the molecule is CCCCn1cnc2sc(C(=O)NCCCOC(C)C)c(C)c2c1=O. The van der Waals surface area contributed by atoms with Crippen LogP contribution in [0.2, 0.25) is 0 Å². The number of thiophene rings is 1. The third-order valence-electron chi connectivity index (χ3n) is 3.93. The average Bonchev–Trinajstić information content (AvgIpc) is 2.91. The number of hydrogen-bond donors (Lipinski definition) is 1. The molecule has 0 atom stereocenters. The number of aromatic nitrogens is 2. The van der Waals surface area contributed by atoms with Gasteiger partial charge in [0.1, 0.15) is 4.83 Å². The largest absolute Gasteiger partial charge is 0.379 e. The first kappa shape index (κ1) is 19.6. The van der Waals surface area contributed by atoms with Gasteiger partial charge in [0.25, 0.3) is 11.5 Å². The van der Waals surface area contributed by atoms with Crippen LogP contribution in [0.15, 0.2) is 11.1 Å². The number of hydrogen-bond acceptors (Lipinski definition) is 5. The molecule has 25 heavy (non-hydrogen) atoms. The molecular formula is C18H27N3O3S. The first-order valence-electron chi connectivity index (χ1n) is 8.84. The Morgan fingerprint density at radius 2 is 2.16 bits per heavy atom. The molecule has 0 spiro atoms. The van der Waals surface area contributed by atoms with Gasteiger partial charge in [0.2, 0.25) is 0 Å². The van der Waals surface area contributed by atoms with Crippen molar-refractivity contribution >= 4 is 27.5 Å². The van der Waals surface area contributed by atoms with E-state index in [1.54, 1.807) is 10.9 Å². The lowest BCUT2D eigenvalue weighted by atomic mass is 10.2. The maximum atomic E-state index is 12.6. The first-order valence-corrected chi connectivity index (χ1v) is 9.65. The van der Waals surface area contributed by atoms with Crippen molar-refractivity contribution in [2.75, 3.05) is 13.2 Å². The molecule has 2 rings (SSSR count). The Morgan fingerprint density at radius 1 is 1.40 bits per heavy atom. The highest BCUT2D eigenvalue weighted by Crippen LogP contribution is 2.26. The van der Waals surface area contributed by atoms with Crippen molar-refractivity contribution in [3.05, 3.63) is 27.1 Å². The predicted molar refractivity (Wildman–Crippen MR) is 102 cm³/mol. The molecule has 0 unspecified atom stereocenters. The van der Waals surface area contributed by atoms with E-state index in [0.717, 1.165) is 24.8 Å². The monoisotopic (exact) mass is 365 g/mol. The Hall–Kier alpha value is -1.73. The van der Waals surface area contributed by atoms with Crippen LogP contribution >= 0.6 is 11.3 Å². The van der Waals surface area contributed by atoms with Crippen LogP contribution in [-0.2, 0) is 11.3 Å². The van der Waals surface area contributed by atoms with Crippen LogP contribution in [-0.4, -0.2) is 34.7 Å². The van der Waals surface area contributed by atoms with Crippen LogP contribution in [0.25, 0.3) is 10.2 Å². The molecule has 0 aliphatic heterocycles. The van der Waals surface area contributed by atoms with Crippen molar-refractivity contribution < 1.29 is 9.53 Å². The lowest BCUT2D eigenvalue weighted by molar-refractivity contribution is 0.0757. The van der Waals surface area contributed by atoms with E-state index < -0.39 is 0 Å². The number of carbonyl (C=O) groups is 1. The Balaban J connectivity index is 2.11. The second-order valence-corrected chi connectivity index (χ2v) is 7.36. The molecule has 0 bridgehead atoms. The van der Waals surface area contributed by atoms with Gasteiger partial charge in [-0.05, 0) is 39.2 Å². The van der Waals surface area contributed by atoms with Crippen molar-refractivity contribution in [3.63, 3.8) is 0 Å². The molecule has 0 aromatic carbocycles. The molecule has 0 aliphatic rings. The molecule has 0 fully saturated rings. The molecule has 1 amide bonds. The van der Waals surface area contributed by atoms with Gasteiger partial charge in [0.15, 0.2) is 0 Å². The maximum absolute atomic E-state index is 12.6. The standard InChI is InChI=1S/C18H27N3O3S/c1-5-6-9-21-11-20-17-14(18(21)23)13(4)15(25-17)16(22)19-8-7-10-24-12(2)3/h11-12H,5-10H2,1-4H3,(H,19,22). The molecule has 0 radical (unpaired) electrons. The molecule has 1 N–H and O–H groups in total. The zero-order chi connectivity index (χ0) is 18.4. The Morgan fingerprint density at radius 3 is 2.84 bits per heavy atom. The number of fused-ring (bicyclic) bond motifs is 1. The van der Waals surface area contributed by atoms with Crippen LogP contribution < -0.4 is 10.9 Å². The summed E-state index contributed by atoms with van der Waals surface area (Å²) in [4.78, 5) is 30.6. The molecule has 2 heterocycles. The number of rotatable bonds is 9. The highest BCUT2D eigenvalue weighted by molar-refractivity contribution is 7.20. The average molecular weight is 365 g/mol. The number of ether oxygens (including phenoxy) is 1. The number of amides is 1. The minimum Gasteiger partial charge on any atom is -0.379 e. The van der Waals surface area contributed by atoms with Gasteiger partial charge in [-0.2, -0.15) is 0 Å². The summed E-state index contributed by atoms with van der Waals surface area (Å²) < 4.78 is 7.09. The Kier molecular flexibility index (Phi) is 7.13. The minimum atomic E-state index is -0.149. The van der Waals surface area contributed by atoms with E-state index in [1.807, 2.05) is 20.8 Å². The van der Waals surface area contributed by atoms with Gasteiger partial charge in [0.05, 0.1) is 22.7 Å². The fourth-order valence-electron chi connectivity index (χ4n) is 2.54. The van der Waals surface area contributed by atoms with Crippen LogP contribution in [0.1, 0.15) is 55.3 Å². The molecular weight excluding hydrogens is 338 g/mol. The minimum absolute atomic E-state index is 0.0587. The number of nitrogens with zero attached hydrogens (tertiary/aromatic N) is 2. The lowest BCUT2D eigenvalue weighted by Crippen LogP contribution is -2.25. The Bertz CT molecular complexity index is 780. The second kappa shape index (κ2) is 9.10. The quantitative estimate of drug-likeness (QED) is 0.693. The Labute approximate surface area is 152 Å². The summed E-state index contributed by atoms with van der Waals surface area (Å²) in [6.45, 7) is 9.70. The van der Waals surface area contributed by atoms with E-state index in [0.29, 0.717) is 34.8 Å². The molecule has 2 aromatic rings. The lowest BCUT2D eigenvalue weighted by Gasteiger charge is -2.08. The summed E-state index contributed by atoms with van der Waals surface area (Å²) in [6.07, 6.45) is 4.49. The van der Waals surface area contributed by atoms with Gasteiger partial charge in [-0.1, -0.05) is 13.3 Å². The second-order valence-electron chi connectivity index (χ2n) is 6.36. The van der Waals surface area contributed by atoms with Gasteiger partial charge in [-0.15, -0.1) is 11.3 Å². The highest BCUT2D eigenvalue weighted by atomic mass is 32.1. The van der Waals surface area contributed by atoms with Crippen molar-refractivity contribution in [2.24, 2.45) is 0 Å². The van der Waals surface area contributed by atoms with E-state index in [4.69, 9.17) is 4.74 Å². The van der Waals surface area contributed by atoms with Crippen LogP contribution in [0.4, 0.5) is 0 Å². The zero-order valence-corrected chi connectivity index (χ0v) is 16.2. The topological polar surface area (TPSA) is 73.2 Å². The van der Waals surface area contributed by atoms with Gasteiger partial charge < -0.3 is 10.1 Å². The third-order valence-corrected chi connectivity index (χ3v) is 5.13. The third kappa shape index (κ3) is 4.89. The van der Waals surface area contributed by atoms with Gasteiger partial charge >= 0.3 is 0 Å². The zero-order valence-electron chi connectivity index (χ0n) is 15.4. The number of carbonyl (C=O) groups excluding carboxylic acids is 1. The molecule has 138 valence electrons. The smallest absolute Gasteiger partial charge is 0.262 e. The number of nitrogens with one attached hydrogen (secondary N) is 1. The molecule has 7 heteroatoms. The van der Waals surface area contributed by atoms with E-state index in [2.05, 4.69) is 17.2 Å². The van der Waals surface area contributed by atoms with E-state index in [-0.39, 0.29) is 17.6 Å². The molecule has 0 saturated carbocycles. The molecule has 6 nitrogen and oxygen atoms in total. The van der Waals surface area contributed by atoms with E-state index >= 15 is 0 Å². The van der Waals surface area contributed by atoms with Crippen LogP contribution in [0.3, 0.4) is 0 Å². The maximum Gasteiger partial charge on any atom is 0.262 e. The van der Waals surface area contributed by atoms with Crippen molar-refractivity contribution in [1.29, 1.82) is 0 Å². The number of aryl methyl sites for hydroxylation is 2. The summed E-state index contributed by atoms with van der Waals surface area (Å²) in [5.74, 6) is -0.149. The molecule has 0 saturated heterocycles. The summed E-state index contributed by atoms with van der Waals surface area (Å²) >= 11 is 1.28. The van der Waals surface area contributed by atoms with E-state index in [1.165, 1.54) is 11.3 Å². The predicted octanol–water partition coefficient (Wildman–Crippen LogP) is 3.11. The van der Waals surface area contributed by atoms with E-state index in [9.17, 15) is 9.59 Å². The summed E-state index contributed by atoms with van der Waals surface area (Å²) in [6, 6.07) is 0. The van der Waals surface area contributed by atoms with Crippen LogP contribution in [0, 0.1) is 6.92 Å². The van der Waals surface area contributed by atoms with Crippen molar-refractivity contribution in [1.82, 2.24) is 14.9 Å². The normalized spacial score (nSPS) is 11.4. The van der Waals surface area contributed by atoms with Crippen molar-refractivity contribution in [3.8, 4) is 0 Å². The first-order chi connectivity index (χ1) is 12.0. The summed E-state index contributed by atoms with van der Waals surface area (Å²) in [5, 5.41) is 3.46. The number of unbranched alkanes of at least 4 members (excludes halogenated alkanes) is 1. The van der Waals surface area contributed by atoms with Crippen molar-refractivity contribution in [2.45, 2.75) is 59.6 Å². The van der Waals surface area contributed by atoms with Gasteiger partial charge in [0, 0.05) is 19.7 Å². The molecule has 2 aromatic heterocycles. The van der Waals surface area contributed by atoms with Crippen LogP contribution in [0.5, 0.6) is 0 Å². The summed E-state index contributed by atoms with van der Waals surface area (Å²) in [5.41, 5.74) is 0.663. The fraction of sp³-hybridized carbons (Fsp3) is 0.611. The highest BCUT2D eigenvalue weighted by Gasteiger charge is 2.19. The summed E-state index contributed by atoms with van der Waals surface area (Å²) in [7, 11) is 0. The fourth-order valence-corrected chi connectivity index (χ4v) is 3.59. The van der Waals surface area contributed by atoms with Gasteiger partial charge in [-0.25, -0.2) is 4.98 Å². The van der Waals surface area contributed by atoms with Gasteiger partial charge in [-0.3, -0.25) is 14.2 Å². The molecule has 0 aliphatic carbocycles.